The van der Waals surface area contributed by atoms with E-state index in [4.69, 9.17) is 0 Å². The molecule has 0 N–H and O–H groups in total. The lowest BCUT2D eigenvalue weighted by atomic mass is 9.45. The Kier molecular flexibility index (Phi) is 16.8. The van der Waals surface area contributed by atoms with Crippen molar-refractivity contribution in [1.82, 2.24) is 4.90 Å². The van der Waals surface area contributed by atoms with Crippen LogP contribution in [0.4, 0.5) is 0 Å². The molecular weight excluding hydrogens is 891 g/mol. The molecule has 14 aliphatic carbocycles. The third kappa shape index (κ3) is 10.0. The third-order valence-corrected chi connectivity index (χ3v) is 29.8. The van der Waals surface area contributed by atoms with E-state index in [1.807, 2.05) is 0 Å². The predicted octanol–water partition coefficient (Wildman–Crippen LogP) is 20.7. The van der Waals surface area contributed by atoms with Gasteiger partial charge in [0.05, 0.1) is 0 Å². The maximum Gasteiger partial charge on any atom is 0.00985 e. The Balaban J connectivity index is 0.736. The fourth-order valence-corrected chi connectivity index (χ4v) is 27.7. The number of rotatable bonds is 9. The van der Waals surface area contributed by atoms with E-state index in [1.54, 1.807) is 308 Å². The van der Waals surface area contributed by atoms with Crippen molar-refractivity contribution in [2.75, 3.05) is 6.54 Å². The smallest absolute Gasteiger partial charge is 0.00985 e. The van der Waals surface area contributed by atoms with E-state index in [2.05, 4.69) is 4.90 Å². The van der Waals surface area contributed by atoms with Crippen molar-refractivity contribution in [1.29, 1.82) is 0 Å². The highest BCUT2D eigenvalue weighted by atomic mass is 15.2. The summed E-state index contributed by atoms with van der Waals surface area (Å²) in [6.45, 7) is 1.56. The van der Waals surface area contributed by atoms with Crippen molar-refractivity contribution in [3.05, 3.63) is 0 Å². The van der Waals surface area contributed by atoms with Crippen LogP contribution in [0.1, 0.15) is 302 Å². The number of hydrogen-bond donors (Lipinski definition) is 0. The molecule has 0 aromatic carbocycles. The fraction of sp³-hybridized carbons (Fsp3) is 1.00. The minimum Gasteiger partial charge on any atom is -0.297 e. The average Bonchev–Trinajstić information content (AvgIpc) is 3.48. The maximum atomic E-state index is 3.55. The normalized spacial score (nSPS) is 50.1. The summed E-state index contributed by atoms with van der Waals surface area (Å²) in [5.74, 6) is 25.3. The molecule has 0 aromatic heterocycles. The average molecular weight is 1010 g/mol. The first-order chi connectivity index (χ1) is 36.8. The maximum absolute atomic E-state index is 3.55. The Morgan fingerprint density at radius 1 is 0.176 bits per heavy atom. The Morgan fingerprint density at radius 3 is 0.608 bits per heavy atom. The minimum atomic E-state index is 0.909. The number of nitrogens with zero attached hydrogens (tertiary/aromatic N) is 1. The molecule has 14 aliphatic rings. The first-order valence-corrected chi connectivity index (χ1v) is 36.5. The van der Waals surface area contributed by atoms with E-state index in [-0.39, 0.29) is 0 Å². The molecule has 0 radical (unpaired) electrons. The van der Waals surface area contributed by atoms with Crippen molar-refractivity contribution in [2.45, 2.75) is 314 Å². The molecule has 1 nitrogen and oxygen atoms in total. The van der Waals surface area contributed by atoms with Crippen LogP contribution in [0.3, 0.4) is 0 Å². The first kappa shape index (κ1) is 52.1. The highest BCUT2D eigenvalue weighted by Gasteiger charge is 2.59. The van der Waals surface area contributed by atoms with Gasteiger partial charge in [-0.15, -0.1) is 0 Å². The van der Waals surface area contributed by atoms with Crippen molar-refractivity contribution in [2.24, 2.45) is 136 Å². The van der Waals surface area contributed by atoms with Crippen molar-refractivity contribution in [3.8, 4) is 0 Å². The molecule has 12 unspecified atom stereocenters. The second-order valence-electron chi connectivity index (χ2n) is 32.3. The molecule has 0 heterocycles. The summed E-state index contributed by atoms with van der Waals surface area (Å²) in [7, 11) is 0. The van der Waals surface area contributed by atoms with Crippen molar-refractivity contribution < 1.29 is 0 Å². The molecule has 0 amide bonds. The van der Waals surface area contributed by atoms with E-state index in [1.165, 1.54) is 0 Å². The summed E-state index contributed by atoms with van der Waals surface area (Å²) in [4.78, 5) is 3.55. The van der Waals surface area contributed by atoms with Gasteiger partial charge in [0.25, 0.3) is 0 Å². The van der Waals surface area contributed by atoms with Crippen LogP contribution in [0.25, 0.3) is 0 Å². The summed E-state index contributed by atoms with van der Waals surface area (Å²) in [5.41, 5.74) is 0. The zero-order valence-electron chi connectivity index (χ0n) is 48.8. The molecule has 0 aromatic rings. The summed E-state index contributed by atoms with van der Waals surface area (Å²) in [6, 6.07) is 1.82. The van der Waals surface area contributed by atoms with Gasteiger partial charge in [-0.3, -0.25) is 4.90 Å². The second-order valence-corrected chi connectivity index (χ2v) is 32.3. The predicted molar refractivity (Wildman–Crippen MR) is 312 cm³/mol. The van der Waals surface area contributed by atoms with E-state index in [9.17, 15) is 0 Å². The first-order valence-electron chi connectivity index (χ1n) is 36.5. The molecule has 12 atom stereocenters. The fourth-order valence-electron chi connectivity index (χ4n) is 27.7. The Morgan fingerprint density at radius 2 is 0.365 bits per heavy atom. The van der Waals surface area contributed by atoms with Gasteiger partial charge in [0, 0.05) is 18.6 Å². The quantitative estimate of drug-likeness (QED) is 0.222. The lowest BCUT2D eigenvalue weighted by Gasteiger charge is -2.61. The molecule has 74 heavy (non-hydrogen) atoms. The molecule has 0 aliphatic heterocycles. The van der Waals surface area contributed by atoms with Gasteiger partial charge >= 0.3 is 0 Å². The highest BCUT2D eigenvalue weighted by Crippen LogP contribution is 2.66. The van der Waals surface area contributed by atoms with Crippen LogP contribution >= 0.6 is 0 Å². The van der Waals surface area contributed by atoms with Gasteiger partial charge in [0.15, 0.2) is 0 Å². The van der Waals surface area contributed by atoms with Crippen LogP contribution < -0.4 is 0 Å². The van der Waals surface area contributed by atoms with Crippen molar-refractivity contribution >= 4 is 0 Å². The zero-order chi connectivity index (χ0) is 49.0. The SMILES string of the molecule is C1CCC(C2C3CCCCC3C(CN(C3CCC(C4C5CCCCC5C(C5CCCCC5)C5CCCCC54)CC3)C3CCC(C4C5CCCCC5C(C5CCCCC5)C5CCCCC54)CC3)C3CCCCC32)CC1. The Hall–Kier alpha value is -0.0400. The van der Waals surface area contributed by atoms with E-state index < -0.39 is 0 Å². The zero-order valence-corrected chi connectivity index (χ0v) is 48.8. The second kappa shape index (κ2) is 23.8. The van der Waals surface area contributed by atoms with Gasteiger partial charge in [-0.2, -0.15) is 0 Å². The van der Waals surface area contributed by atoms with Gasteiger partial charge in [-0.1, -0.05) is 173 Å². The van der Waals surface area contributed by atoms with Gasteiger partial charge in [-0.05, 0) is 265 Å². The van der Waals surface area contributed by atoms with Crippen LogP contribution in [0, 0.1) is 136 Å². The standard InChI is InChI=1S/C73H121N/c1-4-22-49(23-5-1)69-58-30-12-10-28-56(58)68(57-29-11-13-31-59(57)69)48-74(54-44-40-52(41-45-54)72-64-36-18-14-32-60(64)70(50-24-6-2-7-25-50)61-33-15-19-37-65(61)72)55-46-42-53(43-47-55)73-66-38-20-16-34-62(66)71(51-26-8-3-9-27-51)63-35-17-21-39-67(63)73/h49-73H,1-48H2. The number of fused-ring (bicyclic) bond motifs is 6. The minimum absolute atomic E-state index is 0.909. The Bertz CT molecular complexity index is 1570. The highest BCUT2D eigenvalue weighted by molar-refractivity contribution is 5.08. The summed E-state index contributed by atoms with van der Waals surface area (Å²) in [5, 5.41) is 0. The molecule has 14 saturated carbocycles. The summed E-state index contributed by atoms with van der Waals surface area (Å²) in [6.07, 6.45) is 75.1. The van der Waals surface area contributed by atoms with Crippen LogP contribution in [0.2, 0.25) is 0 Å². The lowest BCUT2D eigenvalue weighted by Crippen LogP contribution is -2.57. The molecule has 0 spiro atoms. The molecule has 0 saturated heterocycles. The molecule has 418 valence electrons. The molecule has 14 fully saturated rings. The van der Waals surface area contributed by atoms with E-state index in [0.29, 0.717) is 0 Å². The Labute approximate surface area is 459 Å². The third-order valence-electron chi connectivity index (χ3n) is 29.8. The molecule has 14 rings (SSSR count). The molecule has 0 bridgehead atoms. The molecule has 1 heteroatoms. The van der Waals surface area contributed by atoms with Gasteiger partial charge in [0.1, 0.15) is 0 Å². The lowest BCUT2D eigenvalue weighted by molar-refractivity contribution is -0.123. The molecular formula is C73H121N. The van der Waals surface area contributed by atoms with Crippen LogP contribution in [-0.2, 0) is 0 Å². The van der Waals surface area contributed by atoms with E-state index in [0.717, 1.165) is 148 Å². The van der Waals surface area contributed by atoms with E-state index >= 15 is 0 Å². The monoisotopic (exact) mass is 1010 g/mol. The summed E-state index contributed by atoms with van der Waals surface area (Å²) >= 11 is 0. The van der Waals surface area contributed by atoms with Crippen molar-refractivity contribution in [3.63, 3.8) is 0 Å². The summed E-state index contributed by atoms with van der Waals surface area (Å²) < 4.78 is 0. The number of hydrogen-bond acceptors (Lipinski definition) is 1. The van der Waals surface area contributed by atoms with Crippen LogP contribution in [0.15, 0.2) is 0 Å². The van der Waals surface area contributed by atoms with Gasteiger partial charge in [-0.25, -0.2) is 0 Å². The van der Waals surface area contributed by atoms with Gasteiger partial charge < -0.3 is 0 Å². The van der Waals surface area contributed by atoms with Gasteiger partial charge in [0.2, 0.25) is 0 Å². The largest absolute Gasteiger partial charge is 0.297 e. The topological polar surface area (TPSA) is 3.24 Å². The van der Waals surface area contributed by atoms with Crippen LogP contribution in [0.5, 0.6) is 0 Å². The van der Waals surface area contributed by atoms with Crippen LogP contribution in [-0.4, -0.2) is 23.5 Å².